The molecule has 2 heterocycles. The average molecular weight is 264 g/mol. The summed E-state index contributed by atoms with van der Waals surface area (Å²) < 4.78 is 7.04. The summed E-state index contributed by atoms with van der Waals surface area (Å²) in [6.07, 6.45) is 1.82. The molecule has 0 fully saturated rings. The minimum Gasteiger partial charge on any atom is -0.493 e. The maximum absolute atomic E-state index is 9.20. The lowest BCUT2D eigenvalue weighted by Crippen LogP contribution is -1.95. The van der Waals surface area contributed by atoms with Gasteiger partial charge in [-0.1, -0.05) is 18.2 Å². The lowest BCUT2D eigenvalue weighted by Gasteiger charge is -2.02. The Bertz CT molecular complexity index is 829. The van der Waals surface area contributed by atoms with E-state index < -0.39 is 0 Å². The second-order valence-corrected chi connectivity index (χ2v) is 4.27. The fourth-order valence-electron chi connectivity index (χ4n) is 2.21. The maximum atomic E-state index is 9.20. The average Bonchev–Trinajstić information content (AvgIpc) is 2.84. The summed E-state index contributed by atoms with van der Waals surface area (Å²) in [7, 11) is 1.59. The van der Waals surface area contributed by atoms with E-state index >= 15 is 0 Å². The Balaban J connectivity index is 2.33. The van der Waals surface area contributed by atoms with Crippen LogP contribution in [0.5, 0.6) is 5.75 Å². The van der Waals surface area contributed by atoms with Crippen LogP contribution in [0.15, 0.2) is 42.6 Å². The van der Waals surface area contributed by atoms with E-state index in [4.69, 9.17) is 10.5 Å². The first-order chi connectivity index (χ1) is 9.76. The van der Waals surface area contributed by atoms with E-state index in [0.717, 1.165) is 5.56 Å². The predicted octanol–water partition coefficient (Wildman–Crippen LogP) is 2.46. The molecule has 0 aliphatic heterocycles. The highest BCUT2D eigenvalue weighted by atomic mass is 16.5. The van der Waals surface area contributed by atoms with Gasteiger partial charge in [-0.2, -0.15) is 5.26 Å². The normalized spacial score (nSPS) is 10.4. The highest BCUT2D eigenvalue weighted by Gasteiger charge is 2.16. The summed E-state index contributed by atoms with van der Waals surface area (Å²) >= 11 is 0. The Hall–Kier alpha value is -3.00. The Morgan fingerprint density at radius 2 is 2.05 bits per heavy atom. The van der Waals surface area contributed by atoms with Gasteiger partial charge in [0.2, 0.25) is 0 Å². The number of anilines is 1. The maximum Gasteiger partial charge on any atom is 0.181 e. The molecular formula is C15H12N4O. The Labute approximate surface area is 115 Å². The quantitative estimate of drug-likeness (QED) is 0.771. The molecule has 1 aromatic carbocycles. The van der Waals surface area contributed by atoms with Crippen molar-refractivity contribution in [3.63, 3.8) is 0 Å². The van der Waals surface area contributed by atoms with Crippen molar-refractivity contribution in [3.8, 4) is 23.1 Å². The topological polar surface area (TPSA) is 76.3 Å². The fraction of sp³-hybridized carbons (Fsp3) is 0.0667. The molecule has 20 heavy (non-hydrogen) atoms. The number of nitrogens with zero attached hydrogens (tertiary/aromatic N) is 3. The summed E-state index contributed by atoms with van der Waals surface area (Å²) in [6, 6.07) is 13.1. The molecule has 5 heteroatoms. The van der Waals surface area contributed by atoms with Crippen molar-refractivity contribution in [1.29, 1.82) is 5.26 Å². The molecule has 0 amide bonds. The van der Waals surface area contributed by atoms with Crippen molar-refractivity contribution in [2.24, 2.45) is 0 Å². The van der Waals surface area contributed by atoms with Gasteiger partial charge in [0.25, 0.3) is 0 Å². The Morgan fingerprint density at radius 3 is 2.80 bits per heavy atom. The van der Waals surface area contributed by atoms with Crippen LogP contribution in [0.4, 0.5) is 5.82 Å². The van der Waals surface area contributed by atoms with Crippen molar-refractivity contribution in [1.82, 2.24) is 9.38 Å². The monoisotopic (exact) mass is 264 g/mol. The number of fused-ring (bicyclic) bond motifs is 1. The van der Waals surface area contributed by atoms with E-state index in [1.807, 2.05) is 36.5 Å². The van der Waals surface area contributed by atoms with Gasteiger partial charge in [-0.05, 0) is 18.2 Å². The van der Waals surface area contributed by atoms with Crippen LogP contribution in [-0.2, 0) is 0 Å². The van der Waals surface area contributed by atoms with Gasteiger partial charge < -0.3 is 10.5 Å². The first-order valence-electron chi connectivity index (χ1n) is 6.06. The summed E-state index contributed by atoms with van der Waals surface area (Å²) in [6.45, 7) is 0. The third-order valence-electron chi connectivity index (χ3n) is 3.17. The molecule has 0 aliphatic rings. The Morgan fingerprint density at radius 1 is 1.25 bits per heavy atom. The van der Waals surface area contributed by atoms with Gasteiger partial charge in [-0.3, -0.25) is 4.40 Å². The number of pyridine rings is 1. The third kappa shape index (κ3) is 1.67. The second-order valence-electron chi connectivity index (χ2n) is 4.27. The largest absolute Gasteiger partial charge is 0.493 e. The summed E-state index contributed by atoms with van der Waals surface area (Å²) in [5, 5.41) is 9.20. The van der Waals surface area contributed by atoms with Crippen LogP contribution >= 0.6 is 0 Å². The van der Waals surface area contributed by atoms with E-state index in [2.05, 4.69) is 11.1 Å². The second kappa shape index (κ2) is 4.59. The number of rotatable bonds is 2. The van der Waals surface area contributed by atoms with Crippen LogP contribution in [-0.4, -0.2) is 16.5 Å². The molecule has 0 bridgehead atoms. The van der Waals surface area contributed by atoms with Gasteiger partial charge in [0.05, 0.1) is 18.7 Å². The number of nitrogens with two attached hydrogens (primary N) is 1. The molecular weight excluding hydrogens is 252 g/mol. The van der Waals surface area contributed by atoms with E-state index in [0.29, 0.717) is 28.5 Å². The zero-order chi connectivity index (χ0) is 14.1. The van der Waals surface area contributed by atoms with E-state index in [9.17, 15) is 5.26 Å². The van der Waals surface area contributed by atoms with E-state index in [1.165, 1.54) is 0 Å². The summed E-state index contributed by atoms with van der Waals surface area (Å²) in [5.74, 6) is 1.13. The number of nitrogen functional groups attached to an aromatic ring is 1. The number of methoxy groups -OCH3 is 1. The zero-order valence-electron chi connectivity index (χ0n) is 10.9. The van der Waals surface area contributed by atoms with Crippen LogP contribution in [0.3, 0.4) is 0 Å². The predicted molar refractivity (Wildman–Crippen MR) is 76.3 cm³/mol. The molecule has 5 nitrogen and oxygen atoms in total. The minimum atomic E-state index is 0.488. The number of hydrogen-bond donors (Lipinski definition) is 1. The van der Waals surface area contributed by atoms with Gasteiger partial charge in [0, 0.05) is 11.8 Å². The SMILES string of the molecule is COc1cccn2c(N)c(-c3ccccc3C#N)nc12. The van der Waals surface area contributed by atoms with Crippen LogP contribution in [0.2, 0.25) is 0 Å². The lowest BCUT2D eigenvalue weighted by atomic mass is 10.1. The smallest absolute Gasteiger partial charge is 0.181 e. The van der Waals surface area contributed by atoms with Gasteiger partial charge in [-0.15, -0.1) is 0 Å². The van der Waals surface area contributed by atoms with Crippen LogP contribution in [0, 0.1) is 11.3 Å². The van der Waals surface area contributed by atoms with Gasteiger partial charge in [0.1, 0.15) is 11.5 Å². The number of ether oxygens (including phenoxy) is 1. The first-order valence-corrected chi connectivity index (χ1v) is 6.06. The molecule has 0 saturated heterocycles. The summed E-state index contributed by atoms with van der Waals surface area (Å²) in [4.78, 5) is 4.52. The molecule has 0 radical (unpaired) electrons. The number of imidazole rings is 1. The number of aromatic nitrogens is 2. The first kappa shape index (κ1) is 12.1. The molecule has 2 N–H and O–H groups in total. The van der Waals surface area contributed by atoms with Gasteiger partial charge >= 0.3 is 0 Å². The minimum absolute atomic E-state index is 0.488. The van der Waals surface area contributed by atoms with Crippen LogP contribution in [0.1, 0.15) is 5.56 Å². The fourth-order valence-corrected chi connectivity index (χ4v) is 2.21. The van der Waals surface area contributed by atoms with Crippen LogP contribution < -0.4 is 10.5 Å². The number of benzene rings is 1. The molecule has 98 valence electrons. The number of hydrogen-bond acceptors (Lipinski definition) is 4. The van der Waals surface area contributed by atoms with E-state index in [-0.39, 0.29) is 0 Å². The van der Waals surface area contributed by atoms with Crippen molar-refractivity contribution < 1.29 is 4.74 Å². The summed E-state index contributed by atoms with van der Waals surface area (Å²) in [5.41, 5.74) is 8.64. The number of nitriles is 1. The lowest BCUT2D eigenvalue weighted by molar-refractivity contribution is 0.417. The van der Waals surface area contributed by atoms with Crippen molar-refractivity contribution in [2.75, 3.05) is 12.8 Å². The van der Waals surface area contributed by atoms with E-state index in [1.54, 1.807) is 17.6 Å². The highest BCUT2D eigenvalue weighted by molar-refractivity contribution is 5.80. The third-order valence-corrected chi connectivity index (χ3v) is 3.17. The highest BCUT2D eigenvalue weighted by Crippen LogP contribution is 2.31. The van der Waals surface area contributed by atoms with Gasteiger partial charge in [-0.25, -0.2) is 4.98 Å². The van der Waals surface area contributed by atoms with Crippen molar-refractivity contribution in [3.05, 3.63) is 48.2 Å². The van der Waals surface area contributed by atoms with Crippen LogP contribution in [0.25, 0.3) is 16.9 Å². The molecule has 0 aliphatic carbocycles. The van der Waals surface area contributed by atoms with Gasteiger partial charge in [0.15, 0.2) is 11.4 Å². The molecule has 0 atom stereocenters. The van der Waals surface area contributed by atoms with Crippen molar-refractivity contribution in [2.45, 2.75) is 0 Å². The molecule has 0 spiro atoms. The molecule has 2 aromatic heterocycles. The molecule has 3 rings (SSSR count). The zero-order valence-corrected chi connectivity index (χ0v) is 10.9. The molecule has 3 aromatic rings. The molecule has 0 saturated carbocycles. The standard InChI is InChI=1S/C15H12N4O/c1-20-12-7-4-8-19-14(17)13(18-15(12)19)11-6-3-2-5-10(11)9-16/h2-8H,17H2,1H3. The molecule has 0 unspecified atom stereocenters. The van der Waals surface area contributed by atoms with Crippen molar-refractivity contribution >= 4 is 11.5 Å². The Kier molecular flexibility index (Phi) is 2.77.